The molecule has 0 fully saturated rings. The van der Waals surface area contributed by atoms with Crippen LogP contribution in [0, 0.1) is 5.82 Å². The third kappa shape index (κ3) is 2.85. The second kappa shape index (κ2) is 6.36. The molecule has 2 heterocycles. The van der Waals surface area contributed by atoms with Crippen molar-refractivity contribution < 1.29 is 40.2 Å². The fourth-order valence-corrected chi connectivity index (χ4v) is 4.90. The number of fused-ring (bicyclic) bond motifs is 3. The molecular weight excluding hydrogens is 444 g/mol. The zero-order valence-electron chi connectivity index (χ0n) is 15.4. The highest BCUT2D eigenvalue weighted by Gasteiger charge is 2.55. The molecule has 1 aromatic heterocycles. The molecule has 0 bridgehead atoms. The number of benzene rings is 2. The molecule has 5 rings (SSSR count). The lowest BCUT2D eigenvalue weighted by Crippen LogP contribution is -2.30. The Bertz CT molecular complexity index is 1340. The highest BCUT2D eigenvalue weighted by atomic mass is 32.2. The van der Waals surface area contributed by atoms with E-state index in [2.05, 4.69) is 10.2 Å². The standard InChI is InChI=1S/C19H12F4N2O5S/c20-10-7-13-12(9-24-25-13)15(8-10)30-14-1-2-16(31(26,27)19(21,22)23)17-11(14)3-4-18(17)28-5-6-29-18/h1-2,5-9H,3-4H2,(H,24,25). The number of nitrogens with one attached hydrogen (secondary N) is 1. The average molecular weight is 456 g/mol. The molecule has 12 heteroatoms. The molecule has 7 nitrogen and oxygen atoms in total. The average Bonchev–Trinajstić information content (AvgIpc) is 3.43. The molecule has 0 unspecified atom stereocenters. The van der Waals surface area contributed by atoms with Crippen LogP contribution in [-0.2, 0) is 31.5 Å². The lowest BCUT2D eigenvalue weighted by Gasteiger charge is -2.26. The van der Waals surface area contributed by atoms with E-state index in [1.807, 2.05) is 0 Å². The number of hydrogen-bond donors (Lipinski definition) is 1. The van der Waals surface area contributed by atoms with Crippen molar-refractivity contribution >= 4 is 20.7 Å². The summed E-state index contributed by atoms with van der Waals surface area (Å²) in [5, 5.41) is 6.86. The van der Waals surface area contributed by atoms with Crippen LogP contribution in [0.2, 0.25) is 0 Å². The van der Waals surface area contributed by atoms with Crippen LogP contribution in [0.5, 0.6) is 11.5 Å². The second-order valence-electron chi connectivity index (χ2n) is 6.96. The van der Waals surface area contributed by atoms with E-state index in [1.54, 1.807) is 0 Å². The first-order valence-electron chi connectivity index (χ1n) is 8.91. The highest BCUT2D eigenvalue weighted by Crippen LogP contribution is 2.52. The smallest absolute Gasteiger partial charge is 0.456 e. The minimum Gasteiger partial charge on any atom is -0.456 e. The first-order valence-corrected chi connectivity index (χ1v) is 10.4. The van der Waals surface area contributed by atoms with Crippen LogP contribution < -0.4 is 4.74 Å². The number of H-pyrrole nitrogens is 1. The molecule has 2 aromatic carbocycles. The molecule has 0 radical (unpaired) electrons. The quantitative estimate of drug-likeness (QED) is 0.588. The molecule has 1 aliphatic heterocycles. The maximum absolute atomic E-state index is 14.0. The van der Waals surface area contributed by atoms with Gasteiger partial charge in [-0.1, -0.05) is 0 Å². The van der Waals surface area contributed by atoms with E-state index in [4.69, 9.17) is 14.2 Å². The highest BCUT2D eigenvalue weighted by molar-refractivity contribution is 7.92. The van der Waals surface area contributed by atoms with E-state index in [9.17, 15) is 26.0 Å². The number of aromatic amines is 1. The van der Waals surface area contributed by atoms with Crippen LogP contribution in [0.3, 0.4) is 0 Å². The van der Waals surface area contributed by atoms with Gasteiger partial charge in [-0.15, -0.1) is 0 Å². The van der Waals surface area contributed by atoms with Crippen LogP contribution >= 0.6 is 0 Å². The lowest BCUT2D eigenvalue weighted by molar-refractivity contribution is -0.149. The number of halogens is 4. The number of hydrogen-bond acceptors (Lipinski definition) is 6. The first kappa shape index (κ1) is 19.7. The molecule has 0 amide bonds. The summed E-state index contributed by atoms with van der Waals surface area (Å²) in [6.07, 6.45) is 3.83. The summed E-state index contributed by atoms with van der Waals surface area (Å²) in [6.45, 7) is 0. The molecular formula is C19H12F4N2O5S. The largest absolute Gasteiger partial charge is 0.501 e. The van der Waals surface area contributed by atoms with Gasteiger partial charge in [-0.3, -0.25) is 5.10 Å². The van der Waals surface area contributed by atoms with Crippen molar-refractivity contribution in [3.05, 3.63) is 59.9 Å². The third-order valence-electron chi connectivity index (χ3n) is 5.19. The van der Waals surface area contributed by atoms with E-state index in [-0.39, 0.29) is 35.5 Å². The van der Waals surface area contributed by atoms with Crippen LogP contribution in [0.15, 0.2) is 47.9 Å². The van der Waals surface area contributed by atoms with Crippen LogP contribution in [0.4, 0.5) is 17.6 Å². The topological polar surface area (TPSA) is 90.5 Å². The summed E-state index contributed by atoms with van der Waals surface area (Å²) in [5.74, 6) is -2.22. The molecule has 162 valence electrons. The van der Waals surface area contributed by atoms with Crippen molar-refractivity contribution in [2.75, 3.05) is 0 Å². The van der Waals surface area contributed by atoms with E-state index in [0.29, 0.717) is 10.9 Å². The predicted octanol–water partition coefficient (Wildman–Crippen LogP) is 4.40. The van der Waals surface area contributed by atoms with Crippen LogP contribution in [0.1, 0.15) is 17.5 Å². The van der Waals surface area contributed by atoms with Crippen molar-refractivity contribution in [3.8, 4) is 11.5 Å². The Balaban J connectivity index is 1.70. The monoisotopic (exact) mass is 456 g/mol. The van der Waals surface area contributed by atoms with Crippen molar-refractivity contribution in [1.82, 2.24) is 10.2 Å². The maximum atomic E-state index is 14.0. The minimum absolute atomic E-state index is 0.0557. The molecule has 0 saturated heterocycles. The number of alkyl halides is 3. The molecule has 3 aromatic rings. The molecule has 1 aliphatic carbocycles. The summed E-state index contributed by atoms with van der Waals surface area (Å²) in [7, 11) is -5.71. The second-order valence-corrected chi connectivity index (χ2v) is 8.87. The number of nitrogens with zero attached hydrogens (tertiary/aromatic N) is 1. The Hall–Kier alpha value is -3.28. The maximum Gasteiger partial charge on any atom is 0.501 e. The SMILES string of the molecule is O=S(=O)(c1ccc(Oc2cc(F)cc3[nH]ncc23)c2c1C1(CC2)OC=CO1)C(F)(F)F. The number of rotatable bonds is 3. The molecule has 1 spiro atoms. The zero-order chi connectivity index (χ0) is 22.0. The van der Waals surface area contributed by atoms with Crippen molar-refractivity contribution in [2.45, 2.75) is 29.0 Å². The van der Waals surface area contributed by atoms with E-state index in [1.165, 1.54) is 12.3 Å². The van der Waals surface area contributed by atoms with Gasteiger partial charge in [-0.25, -0.2) is 12.8 Å². The van der Waals surface area contributed by atoms with Crippen molar-refractivity contribution in [3.63, 3.8) is 0 Å². The first-order chi connectivity index (χ1) is 14.6. The van der Waals surface area contributed by atoms with Gasteiger partial charge >= 0.3 is 5.51 Å². The van der Waals surface area contributed by atoms with Gasteiger partial charge in [0.05, 0.1) is 27.6 Å². The van der Waals surface area contributed by atoms with Gasteiger partial charge in [0.15, 0.2) is 0 Å². The van der Waals surface area contributed by atoms with E-state index < -0.39 is 31.8 Å². The van der Waals surface area contributed by atoms with Gasteiger partial charge in [0.1, 0.15) is 29.8 Å². The van der Waals surface area contributed by atoms with Gasteiger partial charge in [-0.05, 0) is 24.6 Å². The fourth-order valence-electron chi connectivity index (χ4n) is 3.86. The summed E-state index contributed by atoms with van der Waals surface area (Å²) >= 11 is 0. The van der Waals surface area contributed by atoms with Crippen LogP contribution in [-0.4, -0.2) is 24.1 Å². The summed E-state index contributed by atoms with van der Waals surface area (Å²) < 4.78 is 95.0. The number of ether oxygens (including phenoxy) is 3. The third-order valence-corrected chi connectivity index (χ3v) is 6.72. The molecule has 0 saturated carbocycles. The Morgan fingerprint density at radius 3 is 2.58 bits per heavy atom. The minimum atomic E-state index is -5.71. The molecule has 1 N–H and O–H groups in total. The predicted molar refractivity (Wildman–Crippen MR) is 97.1 cm³/mol. The van der Waals surface area contributed by atoms with Gasteiger partial charge in [-0.2, -0.15) is 18.3 Å². The fraction of sp³-hybridized carbons (Fsp3) is 0.211. The Morgan fingerprint density at radius 2 is 1.87 bits per heavy atom. The Morgan fingerprint density at radius 1 is 1.13 bits per heavy atom. The van der Waals surface area contributed by atoms with Gasteiger partial charge in [0.25, 0.3) is 15.6 Å². The molecule has 0 atom stereocenters. The molecule has 2 aliphatic rings. The van der Waals surface area contributed by atoms with Crippen molar-refractivity contribution in [1.29, 1.82) is 0 Å². The number of sulfone groups is 1. The van der Waals surface area contributed by atoms with Gasteiger partial charge in [0.2, 0.25) is 0 Å². The van der Waals surface area contributed by atoms with Crippen molar-refractivity contribution in [2.24, 2.45) is 0 Å². The van der Waals surface area contributed by atoms with Gasteiger partial charge in [0, 0.05) is 18.1 Å². The lowest BCUT2D eigenvalue weighted by atomic mass is 10.1. The normalized spacial score (nSPS) is 17.0. The van der Waals surface area contributed by atoms with Crippen LogP contribution in [0.25, 0.3) is 10.9 Å². The van der Waals surface area contributed by atoms with Gasteiger partial charge < -0.3 is 14.2 Å². The zero-order valence-corrected chi connectivity index (χ0v) is 16.2. The van der Waals surface area contributed by atoms with E-state index >= 15 is 0 Å². The number of aromatic nitrogens is 2. The van der Waals surface area contributed by atoms with E-state index in [0.717, 1.165) is 30.7 Å². The Labute approximate surface area is 172 Å². The Kier molecular flexibility index (Phi) is 4.04. The summed E-state index contributed by atoms with van der Waals surface area (Å²) in [4.78, 5) is -0.976. The summed E-state index contributed by atoms with van der Waals surface area (Å²) in [5.41, 5.74) is -5.29. The molecule has 31 heavy (non-hydrogen) atoms. The summed E-state index contributed by atoms with van der Waals surface area (Å²) in [6, 6.07) is 4.20.